The molecular formula is C7H6F3NS. The maximum absolute atomic E-state index is 12.1. The van der Waals surface area contributed by atoms with Crippen molar-refractivity contribution >= 4 is 18.5 Å². The molecule has 0 bridgehead atoms. The van der Waals surface area contributed by atoms with E-state index in [1.807, 2.05) is 0 Å². The summed E-state index contributed by atoms with van der Waals surface area (Å²) >= 11 is 3.64. The lowest BCUT2D eigenvalue weighted by Gasteiger charge is -2.07. The van der Waals surface area contributed by atoms with Gasteiger partial charge in [0.2, 0.25) is 0 Å². The summed E-state index contributed by atoms with van der Waals surface area (Å²) in [5.74, 6) is 0. The van der Waals surface area contributed by atoms with Crippen LogP contribution in [0.25, 0.3) is 0 Å². The summed E-state index contributed by atoms with van der Waals surface area (Å²) in [4.78, 5) is 0. The number of thiol groups is 1. The highest BCUT2D eigenvalue weighted by molar-refractivity contribution is 7.81. The molecule has 0 aliphatic heterocycles. The van der Waals surface area contributed by atoms with Crippen LogP contribution in [0.4, 0.5) is 18.9 Å². The normalized spacial score (nSPS) is 11.3. The maximum atomic E-state index is 12.1. The Bertz CT molecular complexity index is 272. The molecule has 5 heteroatoms. The van der Waals surface area contributed by atoms with E-state index in [1.54, 1.807) is 0 Å². The van der Waals surface area contributed by atoms with Crippen molar-refractivity contribution in [2.24, 2.45) is 0 Å². The summed E-state index contributed by atoms with van der Waals surface area (Å²) in [7, 11) is 0. The average molecular weight is 193 g/mol. The molecule has 0 atom stereocenters. The quantitative estimate of drug-likeness (QED) is 0.653. The molecule has 0 aliphatic carbocycles. The van der Waals surface area contributed by atoms with E-state index in [9.17, 15) is 13.2 Å². The number of rotatable bonds is 1. The predicted molar refractivity (Wildman–Crippen MR) is 44.1 cm³/mol. The van der Waals surface area contributed by atoms with Gasteiger partial charge in [0.15, 0.2) is 0 Å². The zero-order valence-corrected chi connectivity index (χ0v) is 6.78. The Morgan fingerprint density at radius 1 is 1.25 bits per heavy atom. The molecule has 0 saturated heterocycles. The molecule has 0 spiro atoms. The van der Waals surface area contributed by atoms with Gasteiger partial charge in [0.1, 0.15) is 0 Å². The summed E-state index contributed by atoms with van der Waals surface area (Å²) < 4.78 is 38.5. The third-order valence-corrected chi connectivity index (χ3v) is 1.58. The standard InChI is InChI=1S/C7H6F3NS/c8-7(9,10)5-2-1-3-6(4-5)11-12/h1-4,11-12H. The van der Waals surface area contributed by atoms with Crippen LogP contribution in [0.1, 0.15) is 5.56 Å². The lowest BCUT2D eigenvalue weighted by molar-refractivity contribution is -0.137. The van der Waals surface area contributed by atoms with Crippen molar-refractivity contribution in [3.05, 3.63) is 29.8 Å². The Kier molecular flexibility index (Phi) is 2.52. The average Bonchev–Trinajstić information content (AvgIpc) is 2.03. The lowest BCUT2D eigenvalue weighted by Crippen LogP contribution is -2.04. The topological polar surface area (TPSA) is 12.0 Å². The molecule has 0 saturated carbocycles. The van der Waals surface area contributed by atoms with Gasteiger partial charge >= 0.3 is 6.18 Å². The van der Waals surface area contributed by atoms with Crippen molar-refractivity contribution < 1.29 is 13.2 Å². The molecule has 0 amide bonds. The van der Waals surface area contributed by atoms with Gasteiger partial charge in [-0.2, -0.15) is 13.2 Å². The van der Waals surface area contributed by atoms with Gasteiger partial charge in [0, 0.05) is 5.69 Å². The fraction of sp³-hybridized carbons (Fsp3) is 0.143. The Morgan fingerprint density at radius 3 is 2.42 bits per heavy atom. The zero-order valence-electron chi connectivity index (χ0n) is 5.89. The van der Waals surface area contributed by atoms with Crippen LogP contribution in [-0.4, -0.2) is 0 Å². The molecule has 1 rings (SSSR count). The van der Waals surface area contributed by atoms with Crippen molar-refractivity contribution in [2.75, 3.05) is 4.72 Å². The number of hydrogen-bond acceptors (Lipinski definition) is 2. The largest absolute Gasteiger partial charge is 0.416 e. The first-order valence-corrected chi connectivity index (χ1v) is 3.56. The van der Waals surface area contributed by atoms with Crippen molar-refractivity contribution in [3.8, 4) is 0 Å². The minimum absolute atomic E-state index is 0.327. The van der Waals surface area contributed by atoms with Gasteiger partial charge in [-0.25, -0.2) is 0 Å². The third-order valence-electron chi connectivity index (χ3n) is 1.32. The number of alkyl halides is 3. The van der Waals surface area contributed by atoms with Crippen LogP contribution in [0.3, 0.4) is 0 Å². The Labute approximate surface area is 73.1 Å². The molecule has 1 aromatic rings. The van der Waals surface area contributed by atoms with E-state index >= 15 is 0 Å². The third kappa shape index (κ3) is 2.07. The summed E-state index contributed by atoms with van der Waals surface area (Å²) in [6.07, 6.45) is -4.29. The van der Waals surface area contributed by atoms with Crippen LogP contribution < -0.4 is 4.72 Å². The molecule has 0 aromatic heterocycles. The molecule has 1 N–H and O–H groups in total. The highest BCUT2D eigenvalue weighted by Gasteiger charge is 2.30. The number of benzene rings is 1. The van der Waals surface area contributed by atoms with Crippen LogP contribution in [0, 0.1) is 0 Å². The molecule has 1 nitrogen and oxygen atoms in total. The van der Waals surface area contributed by atoms with Crippen LogP contribution >= 0.6 is 12.8 Å². The number of hydrogen-bond donors (Lipinski definition) is 2. The lowest BCUT2D eigenvalue weighted by atomic mass is 10.2. The smallest absolute Gasteiger partial charge is 0.332 e. The van der Waals surface area contributed by atoms with E-state index in [1.165, 1.54) is 12.1 Å². The Hall–Kier alpha value is -0.840. The summed E-state index contributed by atoms with van der Waals surface area (Å²) in [5, 5.41) is 0. The van der Waals surface area contributed by atoms with Crippen LogP contribution in [-0.2, 0) is 6.18 Å². The zero-order chi connectivity index (χ0) is 9.19. The van der Waals surface area contributed by atoms with E-state index in [4.69, 9.17) is 0 Å². The minimum Gasteiger partial charge on any atom is -0.332 e. The minimum atomic E-state index is -4.29. The van der Waals surface area contributed by atoms with E-state index in [0.717, 1.165) is 12.1 Å². The molecule has 0 aliphatic rings. The van der Waals surface area contributed by atoms with Gasteiger partial charge in [0.05, 0.1) is 5.56 Å². The highest BCUT2D eigenvalue weighted by atomic mass is 32.1. The second-order valence-electron chi connectivity index (χ2n) is 2.19. The first-order valence-electron chi connectivity index (χ1n) is 3.11. The van der Waals surface area contributed by atoms with E-state index < -0.39 is 11.7 Å². The Morgan fingerprint density at radius 2 is 1.92 bits per heavy atom. The van der Waals surface area contributed by atoms with Gasteiger partial charge in [-0.3, -0.25) is 0 Å². The monoisotopic (exact) mass is 193 g/mol. The van der Waals surface area contributed by atoms with Crippen molar-refractivity contribution in [1.29, 1.82) is 0 Å². The fourth-order valence-corrected chi connectivity index (χ4v) is 0.904. The van der Waals surface area contributed by atoms with E-state index in [2.05, 4.69) is 17.5 Å². The second-order valence-corrected chi connectivity index (χ2v) is 2.41. The summed E-state index contributed by atoms with van der Waals surface area (Å²) in [6, 6.07) is 4.82. The first-order chi connectivity index (χ1) is 5.54. The Balaban J connectivity index is 3.02. The van der Waals surface area contributed by atoms with Gasteiger partial charge in [0.25, 0.3) is 0 Å². The van der Waals surface area contributed by atoms with Gasteiger partial charge in [-0.05, 0) is 18.2 Å². The molecule has 0 radical (unpaired) electrons. The molecule has 0 unspecified atom stereocenters. The van der Waals surface area contributed by atoms with Gasteiger partial charge < -0.3 is 4.72 Å². The van der Waals surface area contributed by atoms with E-state index in [0.29, 0.717) is 5.69 Å². The van der Waals surface area contributed by atoms with Gasteiger partial charge in [-0.15, -0.1) is 0 Å². The van der Waals surface area contributed by atoms with E-state index in [-0.39, 0.29) is 0 Å². The number of halogens is 3. The fourth-order valence-electron chi connectivity index (χ4n) is 0.765. The summed E-state index contributed by atoms with van der Waals surface area (Å²) in [6.45, 7) is 0. The van der Waals surface area contributed by atoms with Crippen molar-refractivity contribution in [2.45, 2.75) is 6.18 Å². The van der Waals surface area contributed by atoms with Gasteiger partial charge in [-0.1, -0.05) is 18.9 Å². The van der Waals surface area contributed by atoms with Crippen LogP contribution in [0.15, 0.2) is 24.3 Å². The first kappa shape index (κ1) is 9.25. The molecule has 0 fully saturated rings. The molecule has 66 valence electrons. The number of nitrogens with one attached hydrogen (secondary N) is 1. The number of anilines is 1. The molecule has 12 heavy (non-hydrogen) atoms. The highest BCUT2D eigenvalue weighted by Crippen LogP contribution is 2.30. The maximum Gasteiger partial charge on any atom is 0.416 e. The van der Waals surface area contributed by atoms with Crippen LogP contribution in [0.2, 0.25) is 0 Å². The van der Waals surface area contributed by atoms with Crippen molar-refractivity contribution in [3.63, 3.8) is 0 Å². The second kappa shape index (κ2) is 3.26. The SMILES string of the molecule is FC(F)(F)c1cccc(NS)c1. The molecule has 1 aromatic carbocycles. The molecular weight excluding hydrogens is 187 g/mol. The van der Waals surface area contributed by atoms with Crippen molar-refractivity contribution in [1.82, 2.24) is 0 Å². The van der Waals surface area contributed by atoms with Crippen LogP contribution in [0.5, 0.6) is 0 Å². The molecule has 0 heterocycles. The summed E-state index contributed by atoms with van der Waals surface area (Å²) in [5.41, 5.74) is -0.352. The predicted octanol–water partition coefficient (Wildman–Crippen LogP) is 2.96.